The van der Waals surface area contributed by atoms with Gasteiger partial charge in [0.1, 0.15) is 17.8 Å². The van der Waals surface area contributed by atoms with E-state index < -0.39 is 11.4 Å². The Hall–Kier alpha value is -3.19. The summed E-state index contributed by atoms with van der Waals surface area (Å²) in [7, 11) is 0. The average Bonchev–Trinajstić information content (AvgIpc) is 3.19. The molecule has 3 heterocycles. The van der Waals surface area contributed by atoms with Crippen LogP contribution in [0.4, 0.5) is 17.5 Å². The number of nitriles is 1. The second kappa shape index (κ2) is 8.22. The number of hydrogen-bond donors (Lipinski definition) is 2. The number of anilines is 3. The first-order valence-corrected chi connectivity index (χ1v) is 8.43. The van der Waals surface area contributed by atoms with Gasteiger partial charge in [-0.15, -0.1) is 12.4 Å². The van der Waals surface area contributed by atoms with E-state index in [1.165, 1.54) is 28.2 Å². The highest BCUT2D eigenvalue weighted by Crippen LogP contribution is 2.40. The predicted octanol–water partition coefficient (Wildman–Crippen LogP) is 1.83. The standard InChI is InChI=1S/C17H19N7O3.ClH/c1-11(2)17(10-18)4-6-24(15(17)27)13-3-5-19-16(22-13)21-12-7-20-23(8-12)9-14(25)26;/h3,5,7-8,11H,4,6,9H2,1-2H3,(H,25,26)(H,19,21,22);1H/t17-;/m1./s1. The average molecular weight is 406 g/mol. The van der Waals surface area contributed by atoms with Crippen LogP contribution in [-0.4, -0.2) is 43.3 Å². The summed E-state index contributed by atoms with van der Waals surface area (Å²) >= 11 is 0. The third-order valence-corrected chi connectivity index (χ3v) is 4.65. The Morgan fingerprint density at radius 1 is 1.50 bits per heavy atom. The van der Waals surface area contributed by atoms with Crippen molar-refractivity contribution in [1.82, 2.24) is 19.7 Å². The van der Waals surface area contributed by atoms with E-state index in [1.807, 2.05) is 13.8 Å². The number of carbonyl (C=O) groups is 2. The highest BCUT2D eigenvalue weighted by molar-refractivity contribution is 6.01. The molecule has 3 rings (SSSR count). The summed E-state index contributed by atoms with van der Waals surface area (Å²) in [5.41, 5.74) is -0.508. The number of amides is 1. The van der Waals surface area contributed by atoms with Gasteiger partial charge in [0.15, 0.2) is 0 Å². The lowest BCUT2D eigenvalue weighted by atomic mass is 9.77. The predicted molar refractivity (Wildman–Crippen MR) is 102 cm³/mol. The molecule has 1 atom stereocenters. The van der Waals surface area contributed by atoms with Gasteiger partial charge in [-0.1, -0.05) is 13.8 Å². The molecule has 2 N–H and O–H groups in total. The fourth-order valence-electron chi connectivity index (χ4n) is 3.07. The maximum atomic E-state index is 12.8. The Morgan fingerprint density at radius 2 is 2.25 bits per heavy atom. The van der Waals surface area contributed by atoms with Gasteiger partial charge in [-0.2, -0.15) is 15.3 Å². The van der Waals surface area contributed by atoms with E-state index in [2.05, 4.69) is 26.5 Å². The molecule has 28 heavy (non-hydrogen) atoms. The quantitative estimate of drug-likeness (QED) is 0.742. The zero-order valence-electron chi connectivity index (χ0n) is 15.4. The van der Waals surface area contributed by atoms with Gasteiger partial charge in [0, 0.05) is 18.9 Å². The highest BCUT2D eigenvalue weighted by atomic mass is 35.5. The second-order valence-corrected chi connectivity index (χ2v) is 6.63. The number of carbonyl (C=O) groups excluding carboxylic acids is 1. The van der Waals surface area contributed by atoms with Gasteiger partial charge >= 0.3 is 5.97 Å². The molecule has 0 aliphatic carbocycles. The molecule has 1 saturated heterocycles. The van der Waals surface area contributed by atoms with Crippen LogP contribution >= 0.6 is 12.4 Å². The summed E-state index contributed by atoms with van der Waals surface area (Å²) in [5, 5.41) is 25.2. The second-order valence-electron chi connectivity index (χ2n) is 6.63. The number of halogens is 1. The van der Waals surface area contributed by atoms with Crippen molar-refractivity contribution in [2.75, 3.05) is 16.8 Å². The Morgan fingerprint density at radius 3 is 2.86 bits per heavy atom. The molecule has 1 amide bonds. The molecule has 0 bridgehead atoms. The van der Waals surface area contributed by atoms with Gasteiger partial charge in [-0.3, -0.25) is 19.2 Å². The van der Waals surface area contributed by atoms with Gasteiger partial charge in [-0.05, 0) is 18.4 Å². The van der Waals surface area contributed by atoms with Crippen LogP contribution in [-0.2, 0) is 16.1 Å². The van der Waals surface area contributed by atoms with Gasteiger partial charge < -0.3 is 10.4 Å². The van der Waals surface area contributed by atoms with Gasteiger partial charge in [0.25, 0.3) is 0 Å². The van der Waals surface area contributed by atoms with Crippen molar-refractivity contribution < 1.29 is 14.7 Å². The minimum absolute atomic E-state index is 0. The Kier molecular flexibility index (Phi) is 6.20. The molecular formula is C17H20ClN7O3. The molecule has 1 fully saturated rings. The zero-order valence-corrected chi connectivity index (χ0v) is 16.2. The smallest absolute Gasteiger partial charge is 0.325 e. The molecule has 0 saturated carbocycles. The van der Waals surface area contributed by atoms with Crippen molar-refractivity contribution in [3.63, 3.8) is 0 Å². The Labute approximate surface area is 167 Å². The number of carboxylic acids is 1. The summed E-state index contributed by atoms with van der Waals surface area (Å²) < 4.78 is 1.27. The summed E-state index contributed by atoms with van der Waals surface area (Å²) in [4.78, 5) is 33.5. The third kappa shape index (κ3) is 3.89. The molecule has 148 valence electrons. The van der Waals surface area contributed by atoms with E-state index in [-0.39, 0.29) is 36.7 Å². The SMILES string of the molecule is CC(C)[C@]1(C#N)CCN(c2ccnc(Nc3cnn(CC(=O)O)c3)n2)C1=O.Cl. The molecule has 0 unspecified atom stereocenters. The Balaban J connectivity index is 0.00000280. The third-order valence-electron chi connectivity index (χ3n) is 4.65. The largest absolute Gasteiger partial charge is 0.480 e. The van der Waals surface area contributed by atoms with Crippen LogP contribution in [0.1, 0.15) is 20.3 Å². The van der Waals surface area contributed by atoms with E-state index in [9.17, 15) is 14.9 Å². The number of aromatic nitrogens is 4. The van der Waals surface area contributed by atoms with Crippen molar-refractivity contribution in [3.8, 4) is 6.07 Å². The number of carboxylic acid groups (broad SMARTS) is 1. The van der Waals surface area contributed by atoms with Gasteiger partial charge in [0.2, 0.25) is 11.9 Å². The molecule has 1 aliphatic heterocycles. The van der Waals surface area contributed by atoms with Crippen LogP contribution in [0.3, 0.4) is 0 Å². The highest BCUT2D eigenvalue weighted by Gasteiger charge is 2.50. The number of nitrogens with one attached hydrogen (secondary N) is 1. The maximum absolute atomic E-state index is 12.8. The maximum Gasteiger partial charge on any atom is 0.325 e. The van der Waals surface area contributed by atoms with Crippen molar-refractivity contribution in [2.24, 2.45) is 11.3 Å². The van der Waals surface area contributed by atoms with Crippen molar-refractivity contribution in [1.29, 1.82) is 5.26 Å². The van der Waals surface area contributed by atoms with E-state index in [0.29, 0.717) is 24.5 Å². The van der Waals surface area contributed by atoms with Gasteiger partial charge in [0.05, 0.1) is 18.0 Å². The van der Waals surface area contributed by atoms with Gasteiger partial charge in [-0.25, -0.2) is 4.98 Å². The molecule has 2 aromatic rings. The van der Waals surface area contributed by atoms with Crippen molar-refractivity contribution >= 4 is 41.7 Å². The van der Waals surface area contributed by atoms with Crippen LogP contribution in [0.15, 0.2) is 24.7 Å². The van der Waals surface area contributed by atoms with Crippen molar-refractivity contribution in [3.05, 3.63) is 24.7 Å². The van der Waals surface area contributed by atoms with E-state index >= 15 is 0 Å². The first kappa shape index (κ1) is 21.1. The molecule has 2 aromatic heterocycles. The molecule has 0 aromatic carbocycles. The lowest BCUT2D eigenvalue weighted by Gasteiger charge is -2.24. The summed E-state index contributed by atoms with van der Waals surface area (Å²) in [6.07, 6.45) is 4.94. The lowest BCUT2D eigenvalue weighted by molar-refractivity contribution is -0.137. The summed E-state index contributed by atoms with van der Waals surface area (Å²) in [5.74, 6) is -0.692. The number of rotatable bonds is 6. The van der Waals surface area contributed by atoms with E-state index in [0.717, 1.165) is 0 Å². The number of hydrogen-bond acceptors (Lipinski definition) is 7. The molecular weight excluding hydrogens is 386 g/mol. The van der Waals surface area contributed by atoms with Crippen LogP contribution in [0.25, 0.3) is 0 Å². The number of nitrogens with zero attached hydrogens (tertiary/aromatic N) is 6. The summed E-state index contributed by atoms with van der Waals surface area (Å²) in [6, 6.07) is 3.81. The molecule has 1 aliphatic rings. The lowest BCUT2D eigenvalue weighted by Crippen LogP contribution is -2.37. The monoisotopic (exact) mass is 405 g/mol. The van der Waals surface area contributed by atoms with Crippen LogP contribution in [0.5, 0.6) is 0 Å². The molecule has 0 spiro atoms. The summed E-state index contributed by atoms with van der Waals surface area (Å²) in [6.45, 7) is 3.90. The normalized spacial score (nSPS) is 18.6. The minimum atomic E-state index is -1.03. The Bertz CT molecular complexity index is 923. The molecule has 10 nitrogen and oxygen atoms in total. The first-order valence-electron chi connectivity index (χ1n) is 8.43. The van der Waals surface area contributed by atoms with Crippen LogP contribution in [0, 0.1) is 22.7 Å². The molecule has 11 heteroatoms. The molecule has 0 radical (unpaired) electrons. The number of aliphatic carboxylic acids is 1. The zero-order chi connectivity index (χ0) is 19.6. The topological polar surface area (TPSA) is 137 Å². The van der Waals surface area contributed by atoms with E-state index in [1.54, 1.807) is 6.07 Å². The van der Waals surface area contributed by atoms with Crippen LogP contribution in [0.2, 0.25) is 0 Å². The van der Waals surface area contributed by atoms with E-state index in [4.69, 9.17) is 5.11 Å². The van der Waals surface area contributed by atoms with Crippen LogP contribution < -0.4 is 10.2 Å². The first-order chi connectivity index (χ1) is 12.9. The minimum Gasteiger partial charge on any atom is -0.480 e. The fraction of sp³-hybridized carbons (Fsp3) is 0.412. The van der Waals surface area contributed by atoms with Crippen molar-refractivity contribution in [2.45, 2.75) is 26.8 Å². The fourth-order valence-corrected chi connectivity index (χ4v) is 3.07.